The van der Waals surface area contributed by atoms with Crippen molar-refractivity contribution >= 4 is 40.4 Å². The van der Waals surface area contributed by atoms with Crippen LogP contribution in [0, 0.1) is 0 Å². The van der Waals surface area contributed by atoms with E-state index in [4.69, 9.17) is 14.2 Å². The zero-order valence-electron chi connectivity index (χ0n) is 37.1. The van der Waals surface area contributed by atoms with E-state index in [0.717, 1.165) is 11.3 Å². The third kappa shape index (κ3) is 13.8. The maximum absolute atomic E-state index is 13.9. The molecule has 0 spiro atoms. The number of carbonyl (C=O) groups is 1. The van der Waals surface area contributed by atoms with Gasteiger partial charge in [0.25, 0.3) is 0 Å². The van der Waals surface area contributed by atoms with Crippen molar-refractivity contribution < 1.29 is 45.3 Å². The van der Waals surface area contributed by atoms with Gasteiger partial charge in [0.2, 0.25) is 23.6 Å². The Balaban J connectivity index is 0.000000203. The quantitative estimate of drug-likeness (QED) is 0.101. The minimum absolute atomic E-state index is 0.0214. The van der Waals surface area contributed by atoms with E-state index in [0.29, 0.717) is 46.0 Å². The molecule has 67 heavy (non-hydrogen) atoms. The molecule has 8 rings (SSSR count). The summed E-state index contributed by atoms with van der Waals surface area (Å²) in [5.74, 6) is -3.26. The average molecular weight is 979 g/mol. The molecular weight excluding hydrogens is 931 g/mol. The molecular formula is C41H48F6N14O4S2. The van der Waals surface area contributed by atoms with E-state index < -0.39 is 42.9 Å². The molecule has 0 radical (unpaired) electrons. The summed E-state index contributed by atoms with van der Waals surface area (Å²) in [6.07, 6.45) is 2.09. The van der Waals surface area contributed by atoms with Gasteiger partial charge in [-0.2, -0.15) is 20.2 Å². The van der Waals surface area contributed by atoms with Crippen LogP contribution in [-0.2, 0) is 45.4 Å². The molecule has 360 valence electrons. The number of aromatic nitrogens is 12. The van der Waals surface area contributed by atoms with Crippen molar-refractivity contribution in [2.75, 3.05) is 10.2 Å². The molecule has 18 nitrogen and oxygen atoms in total. The van der Waals surface area contributed by atoms with Crippen molar-refractivity contribution in [3.8, 4) is 33.4 Å². The second-order valence-electron chi connectivity index (χ2n) is 16.8. The number of nitrogens with zero attached hydrogens (tertiary/aromatic N) is 13. The Hall–Kier alpha value is -6.05. The van der Waals surface area contributed by atoms with Gasteiger partial charge in [-0.05, 0) is 46.5 Å². The van der Waals surface area contributed by atoms with Crippen molar-refractivity contribution in [3.05, 3.63) is 58.6 Å². The molecule has 6 aromatic rings. The highest BCUT2D eigenvalue weighted by Gasteiger charge is 2.41. The molecule has 0 aliphatic heterocycles. The van der Waals surface area contributed by atoms with Crippen LogP contribution in [-0.4, -0.2) is 95.1 Å². The standard InChI is InChI=1S/C23H28F3N7O3S.C18H20F3N7OS/c1-22(2,3)36-21(34)33(15-5-7-23(25,26)8-6-15)17-9-18(35-11-16-27-13-32(4)31-16)30-19(29-17)20-28-14(10-24)12-37-20;1-28-10-22-14(27-28)8-29-15-6-13(23-11-2-4-18(20,21)5-3-11)25-16(26-15)17-24-12(7-19)9-30-17/h9,12-13,15H,5-8,10-11H2,1-4H3;6,9-11H,2-5,7-8H2,1H3,(H,23,25,26). The smallest absolute Gasteiger partial charge is 0.416 e. The fourth-order valence-electron chi connectivity index (χ4n) is 6.91. The molecule has 0 bridgehead atoms. The van der Waals surface area contributed by atoms with Gasteiger partial charge in [0, 0.05) is 74.8 Å². The van der Waals surface area contributed by atoms with Gasteiger partial charge in [0.15, 0.2) is 46.5 Å². The minimum atomic E-state index is -2.79. The fourth-order valence-corrected chi connectivity index (χ4v) is 8.37. The molecule has 26 heteroatoms. The van der Waals surface area contributed by atoms with Gasteiger partial charge in [-0.25, -0.2) is 61.0 Å². The van der Waals surface area contributed by atoms with E-state index in [-0.39, 0.29) is 92.7 Å². The number of nitrogens with one attached hydrogen (secondary N) is 1. The van der Waals surface area contributed by atoms with Crippen molar-refractivity contribution in [1.29, 1.82) is 0 Å². The molecule has 0 aromatic carbocycles. The van der Waals surface area contributed by atoms with E-state index in [2.05, 4.69) is 55.4 Å². The number of amides is 1. The van der Waals surface area contributed by atoms with Crippen LogP contribution in [0.15, 0.2) is 35.5 Å². The van der Waals surface area contributed by atoms with Gasteiger partial charge >= 0.3 is 6.09 Å². The lowest BCUT2D eigenvalue weighted by Gasteiger charge is -2.37. The molecule has 0 saturated heterocycles. The lowest BCUT2D eigenvalue weighted by Crippen LogP contribution is -2.47. The number of aryl methyl sites for hydroxylation is 2. The first-order valence-electron chi connectivity index (χ1n) is 21.1. The van der Waals surface area contributed by atoms with E-state index in [1.807, 2.05) is 0 Å². The number of ether oxygens (including phenoxy) is 3. The number of hydrogen-bond donors (Lipinski definition) is 1. The van der Waals surface area contributed by atoms with Crippen molar-refractivity contribution in [2.45, 2.75) is 128 Å². The Morgan fingerprint density at radius 1 is 0.746 bits per heavy atom. The van der Waals surface area contributed by atoms with Crippen LogP contribution in [0.3, 0.4) is 0 Å². The summed E-state index contributed by atoms with van der Waals surface area (Å²) in [4.78, 5) is 48.9. The Bertz CT molecular complexity index is 2580. The second-order valence-corrected chi connectivity index (χ2v) is 18.5. The number of carbonyl (C=O) groups excluding carboxylic acids is 1. The zero-order chi connectivity index (χ0) is 47.9. The van der Waals surface area contributed by atoms with E-state index in [9.17, 15) is 31.1 Å². The predicted octanol–water partition coefficient (Wildman–Crippen LogP) is 8.86. The highest BCUT2D eigenvalue weighted by Crippen LogP contribution is 2.39. The van der Waals surface area contributed by atoms with Crippen LogP contribution in [0.2, 0.25) is 0 Å². The third-order valence-corrected chi connectivity index (χ3v) is 11.9. The number of thiazole rings is 2. The summed E-state index contributed by atoms with van der Waals surface area (Å²) in [5.41, 5.74) is -0.321. The Kier molecular flexibility index (Phi) is 15.2. The Labute approximate surface area is 388 Å². The van der Waals surface area contributed by atoms with Gasteiger partial charge < -0.3 is 19.5 Å². The lowest BCUT2D eigenvalue weighted by atomic mass is 9.91. The van der Waals surface area contributed by atoms with Crippen LogP contribution >= 0.6 is 22.7 Å². The molecule has 2 fully saturated rings. The summed E-state index contributed by atoms with van der Waals surface area (Å²) >= 11 is 2.36. The first kappa shape index (κ1) is 48.9. The van der Waals surface area contributed by atoms with Crippen molar-refractivity contribution in [3.63, 3.8) is 0 Å². The monoisotopic (exact) mass is 978 g/mol. The van der Waals surface area contributed by atoms with Crippen LogP contribution in [0.25, 0.3) is 21.7 Å². The molecule has 0 atom stereocenters. The van der Waals surface area contributed by atoms with E-state index in [1.165, 1.54) is 33.3 Å². The zero-order valence-corrected chi connectivity index (χ0v) is 38.8. The number of halogens is 6. The van der Waals surface area contributed by atoms with Crippen molar-refractivity contribution in [2.24, 2.45) is 14.1 Å². The largest absolute Gasteiger partial charge is 0.469 e. The maximum atomic E-state index is 13.9. The average Bonchev–Trinajstić information content (AvgIpc) is 4.12. The molecule has 2 aliphatic rings. The fraction of sp³-hybridized carbons (Fsp3) is 0.537. The third-order valence-electron chi connectivity index (χ3n) is 10.1. The summed E-state index contributed by atoms with van der Waals surface area (Å²) < 4.78 is 101. The lowest BCUT2D eigenvalue weighted by molar-refractivity contribution is -0.0389. The van der Waals surface area contributed by atoms with Crippen molar-refractivity contribution in [1.82, 2.24) is 59.4 Å². The molecule has 6 heterocycles. The molecule has 2 saturated carbocycles. The Morgan fingerprint density at radius 2 is 1.24 bits per heavy atom. The Morgan fingerprint density at radius 3 is 1.70 bits per heavy atom. The maximum Gasteiger partial charge on any atom is 0.416 e. The predicted molar refractivity (Wildman–Crippen MR) is 233 cm³/mol. The number of anilines is 2. The van der Waals surface area contributed by atoms with Crippen LogP contribution in [0.4, 0.5) is 42.8 Å². The van der Waals surface area contributed by atoms with Crippen LogP contribution < -0.4 is 19.7 Å². The molecule has 1 amide bonds. The van der Waals surface area contributed by atoms with Gasteiger partial charge in [0.05, 0.1) is 11.4 Å². The number of hydrogen-bond acceptors (Lipinski definition) is 17. The van der Waals surface area contributed by atoms with Crippen LogP contribution in [0.1, 0.15) is 95.2 Å². The molecule has 6 aromatic heterocycles. The summed E-state index contributed by atoms with van der Waals surface area (Å²) in [7, 11) is 3.47. The second kappa shape index (κ2) is 20.9. The number of rotatable bonds is 14. The van der Waals surface area contributed by atoms with Crippen LogP contribution in [0.5, 0.6) is 11.8 Å². The highest BCUT2D eigenvalue weighted by molar-refractivity contribution is 7.13. The summed E-state index contributed by atoms with van der Waals surface area (Å²) in [6, 6.07) is 2.32. The molecule has 0 unspecified atom stereocenters. The van der Waals surface area contributed by atoms with E-state index in [1.54, 1.807) is 62.7 Å². The van der Waals surface area contributed by atoms with Gasteiger partial charge in [-0.1, -0.05) is 0 Å². The molecule has 1 N–H and O–H groups in total. The number of alkyl halides is 6. The van der Waals surface area contributed by atoms with Gasteiger partial charge in [-0.15, -0.1) is 22.7 Å². The SMILES string of the molecule is Cn1cnc(COc2cc(N(C(=O)OC(C)(C)C)C3CCC(F)(F)CC3)nc(-c3nc(CF)cs3)n2)n1.Cn1cnc(COc2cc(NC3CCC(F)(F)CC3)nc(-c3nc(CF)cs3)n2)n1. The molecule has 2 aliphatic carbocycles. The van der Waals surface area contributed by atoms with Gasteiger partial charge in [0.1, 0.15) is 43.2 Å². The topological polar surface area (TPSA) is 199 Å². The normalized spacial score (nSPS) is 16.2. The summed E-state index contributed by atoms with van der Waals surface area (Å²) in [5, 5.41) is 15.4. The van der Waals surface area contributed by atoms with Gasteiger partial charge in [-0.3, -0.25) is 14.3 Å². The highest BCUT2D eigenvalue weighted by atomic mass is 32.1. The summed E-state index contributed by atoms with van der Waals surface area (Å²) in [6.45, 7) is 3.78. The first-order valence-corrected chi connectivity index (χ1v) is 22.9. The van der Waals surface area contributed by atoms with E-state index >= 15 is 0 Å². The first-order chi connectivity index (χ1) is 31.8. The minimum Gasteiger partial charge on any atom is -0.469 e.